The molecule has 76 valence electrons. The Morgan fingerprint density at radius 3 is 2.64 bits per heavy atom. The molecule has 1 aliphatic rings. The summed E-state index contributed by atoms with van der Waals surface area (Å²) >= 11 is 0. The molecule has 1 aliphatic heterocycles. The lowest BCUT2D eigenvalue weighted by molar-refractivity contribution is 0.0304. The number of ether oxygens (including phenoxy) is 2. The van der Waals surface area contributed by atoms with Gasteiger partial charge in [0.1, 0.15) is 6.10 Å². The lowest BCUT2D eigenvalue weighted by Crippen LogP contribution is -2.13. The molecule has 0 unspecified atom stereocenters. The van der Waals surface area contributed by atoms with Gasteiger partial charge in [-0.1, -0.05) is 6.07 Å². The Kier molecular flexibility index (Phi) is 2.31. The van der Waals surface area contributed by atoms with Crippen LogP contribution in [0, 0.1) is 0 Å². The maximum Gasteiger partial charge on any atom is 0.231 e. The minimum Gasteiger partial charge on any atom is -0.454 e. The molecule has 0 amide bonds. The molecule has 0 aromatic heterocycles. The number of fused-ring (bicyclic) bond motifs is 1. The van der Waals surface area contributed by atoms with Crippen molar-refractivity contribution in [3.63, 3.8) is 0 Å². The van der Waals surface area contributed by atoms with Gasteiger partial charge < -0.3 is 19.7 Å². The first-order valence-corrected chi connectivity index (χ1v) is 4.44. The summed E-state index contributed by atoms with van der Waals surface area (Å²) in [6, 6.07) is 5.12. The van der Waals surface area contributed by atoms with Gasteiger partial charge in [-0.15, -0.1) is 0 Å². The first-order chi connectivity index (χ1) is 6.68. The summed E-state index contributed by atoms with van der Waals surface area (Å²) in [5.41, 5.74) is 0.629. The van der Waals surface area contributed by atoms with Crippen LogP contribution in [0.5, 0.6) is 11.5 Å². The molecule has 1 aromatic rings. The van der Waals surface area contributed by atoms with Crippen molar-refractivity contribution in [1.29, 1.82) is 0 Å². The van der Waals surface area contributed by atoms with Gasteiger partial charge in [0.25, 0.3) is 0 Å². The number of hydrogen-bond donors (Lipinski definition) is 2. The van der Waals surface area contributed by atoms with Crippen molar-refractivity contribution in [2.75, 3.05) is 6.79 Å². The second kappa shape index (κ2) is 3.48. The fourth-order valence-corrected chi connectivity index (χ4v) is 1.38. The highest BCUT2D eigenvalue weighted by molar-refractivity contribution is 5.45. The number of hydrogen-bond acceptors (Lipinski definition) is 4. The fourth-order valence-electron chi connectivity index (χ4n) is 1.38. The van der Waals surface area contributed by atoms with Crippen LogP contribution >= 0.6 is 0 Å². The molecule has 0 aliphatic carbocycles. The van der Waals surface area contributed by atoms with Crippen molar-refractivity contribution in [3.05, 3.63) is 23.8 Å². The molecule has 4 heteroatoms. The Bertz CT molecular complexity index is 335. The molecule has 0 saturated carbocycles. The van der Waals surface area contributed by atoms with Gasteiger partial charge in [0.2, 0.25) is 6.79 Å². The Morgan fingerprint density at radius 1 is 1.21 bits per heavy atom. The lowest BCUT2D eigenvalue weighted by atomic mass is 10.1. The van der Waals surface area contributed by atoms with E-state index in [9.17, 15) is 10.2 Å². The van der Waals surface area contributed by atoms with Crippen LogP contribution in [0.1, 0.15) is 18.6 Å². The summed E-state index contributed by atoms with van der Waals surface area (Å²) in [6.07, 6.45) is -1.68. The summed E-state index contributed by atoms with van der Waals surface area (Å²) in [5, 5.41) is 18.8. The van der Waals surface area contributed by atoms with Crippen LogP contribution in [0.4, 0.5) is 0 Å². The van der Waals surface area contributed by atoms with Crippen molar-refractivity contribution in [2.45, 2.75) is 19.1 Å². The molecule has 0 bridgehead atoms. The van der Waals surface area contributed by atoms with Crippen molar-refractivity contribution < 1.29 is 19.7 Å². The second-order valence-electron chi connectivity index (χ2n) is 3.30. The third-order valence-electron chi connectivity index (χ3n) is 2.20. The van der Waals surface area contributed by atoms with Gasteiger partial charge in [0.05, 0.1) is 6.10 Å². The normalized spacial score (nSPS) is 17.9. The van der Waals surface area contributed by atoms with E-state index in [0.29, 0.717) is 17.1 Å². The van der Waals surface area contributed by atoms with Gasteiger partial charge in [-0.2, -0.15) is 0 Å². The van der Waals surface area contributed by atoms with E-state index in [2.05, 4.69) is 0 Å². The molecule has 2 rings (SSSR count). The molecule has 2 N–H and O–H groups in total. The number of benzene rings is 1. The molecule has 4 nitrogen and oxygen atoms in total. The van der Waals surface area contributed by atoms with Gasteiger partial charge in [-0.25, -0.2) is 0 Å². The third kappa shape index (κ3) is 1.54. The number of aliphatic hydroxyl groups excluding tert-OH is 2. The van der Waals surface area contributed by atoms with E-state index in [-0.39, 0.29) is 6.79 Å². The first kappa shape index (κ1) is 9.30. The van der Waals surface area contributed by atoms with Crippen LogP contribution in [0.2, 0.25) is 0 Å². The van der Waals surface area contributed by atoms with Crippen LogP contribution in [-0.2, 0) is 0 Å². The molecule has 1 aromatic carbocycles. The SMILES string of the molecule is C[C@H](O)[C@H](O)c1ccc2c(c1)OCO2. The summed E-state index contributed by atoms with van der Waals surface area (Å²) in [4.78, 5) is 0. The fraction of sp³-hybridized carbons (Fsp3) is 0.400. The Labute approximate surface area is 81.7 Å². The quantitative estimate of drug-likeness (QED) is 0.735. The second-order valence-corrected chi connectivity index (χ2v) is 3.30. The van der Waals surface area contributed by atoms with E-state index >= 15 is 0 Å². The highest BCUT2D eigenvalue weighted by Gasteiger charge is 2.18. The molecule has 0 saturated heterocycles. The Hall–Kier alpha value is -1.26. The summed E-state index contributed by atoms with van der Waals surface area (Å²) in [7, 11) is 0. The molecular weight excluding hydrogens is 184 g/mol. The highest BCUT2D eigenvalue weighted by Crippen LogP contribution is 2.34. The van der Waals surface area contributed by atoms with Gasteiger partial charge in [-0.3, -0.25) is 0 Å². The maximum atomic E-state index is 9.58. The summed E-state index contributed by atoms with van der Waals surface area (Å²) < 4.78 is 10.3. The van der Waals surface area contributed by atoms with E-state index in [4.69, 9.17) is 9.47 Å². The smallest absolute Gasteiger partial charge is 0.231 e. The van der Waals surface area contributed by atoms with E-state index in [1.807, 2.05) is 0 Å². The van der Waals surface area contributed by atoms with E-state index < -0.39 is 12.2 Å². The van der Waals surface area contributed by atoms with Crippen molar-refractivity contribution in [3.8, 4) is 11.5 Å². The maximum absolute atomic E-state index is 9.58. The molecule has 2 atom stereocenters. The van der Waals surface area contributed by atoms with Crippen LogP contribution in [0.3, 0.4) is 0 Å². The number of aliphatic hydroxyl groups is 2. The van der Waals surface area contributed by atoms with Crippen molar-refractivity contribution >= 4 is 0 Å². The molecule has 0 radical (unpaired) electrons. The zero-order valence-electron chi connectivity index (χ0n) is 7.80. The molecule has 14 heavy (non-hydrogen) atoms. The third-order valence-corrected chi connectivity index (χ3v) is 2.20. The van der Waals surface area contributed by atoms with Crippen LogP contribution in [0.15, 0.2) is 18.2 Å². The molecule has 1 heterocycles. The van der Waals surface area contributed by atoms with E-state index in [0.717, 1.165) is 0 Å². The van der Waals surface area contributed by atoms with E-state index in [1.54, 1.807) is 18.2 Å². The van der Waals surface area contributed by atoms with Gasteiger partial charge in [0, 0.05) is 0 Å². The van der Waals surface area contributed by atoms with Crippen molar-refractivity contribution in [2.24, 2.45) is 0 Å². The van der Waals surface area contributed by atoms with Gasteiger partial charge in [-0.05, 0) is 24.6 Å². The average molecular weight is 196 g/mol. The van der Waals surface area contributed by atoms with Crippen LogP contribution < -0.4 is 9.47 Å². The number of rotatable bonds is 2. The minimum atomic E-state index is -0.885. The topological polar surface area (TPSA) is 58.9 Å². The van der Waals surface area contributed by atoms with Crippen LogP contribution in [0.25, 0.3) is 0 Å². The molecule has 0 spiro atoms. The molecular formula is C10H12O4. The molecule has 0 fully saturated rings. The van der Waals surface area contributed by atoms with Crippen molar-refractivity contribution in [1.82, 2.24) is 0 Å². The van der Waals surface area contributed by atoms with Gasteiger partial charge in [0.15, 0.2) is 11.5 Å². The minimum absolute atomic E-state index is 0.212. The first-order valence-electron chi connectivity index (χ1n) is 4.44. The summed E-state index contributed by atoms with van der Waals surface area (Å²) in [6.45, 7) is 1.75. The Morgan fingerprint density at radius 2 is 1.93 bits per heavy atom. The summed E-state index contributed by atoms with van der Waals surface area (Å²) in [5.74, 6) is 1.29. The standard InChI is InChI=1S/C10H12O4/c1-6(11)10(12)7-2-3-8-9(4-7)14-5-13-8/h2-4,6,10-12H,5H2,1H3/t6-,10-/m0/s1. The average Bonchev–Trinajstić information content (AvgIpc) is 2.62. The van der Waals surface area contributed by atoms with Crippen LogP contribution in [-0.4, -0.2) is 23.1 Å². The predicted octanol–water partition coefficient (Wildman–Crippen LogP) is 0.829. The lowest BCUT2D eigenvalue weighted by Gasteiger charge is -2.13. The monoisotopic (exact) mass is 196 g/mol. The zero-order valence-corrected chi connectivity index (χ0v) is 7.80. The Balaban J connectivity index is 2.28. The van der Waals surface area contributed by atoms with E-state index in [1.165, 1.54) is 6.92 Å². The largest absolute Gasteiger partial charge is 0.454 e. The van der Waals surface area contributed by atoms with Gasteiger partial charge >= 0.3 is 0 Å². The highest BCUT2D eigenvalue weighted by atomic mass is 16.7. The predicted molar refractivity (Wildman–Crippen MR) is 49.2 cm³/mol. The zero-order chi connectivity index (χ0) is 10.1.